The molecule has 9 heteroatoms. The van der Waals surface area contributed by atoms with E-state index in [1.807, 2.05) is 53.4 Å². The summed E-state index contributed by atoms with van der Waals surface area (Å²) in [4.78, 5) is 50.9. The van der Waals surface area contributed by atoms with Crippen LogP contribution in [0.3, 0.4) is 0 Å². The van der Waals surface area contributed by atoms with Crippen molar-refractivity contribution >= 4 is 23.7 Å². The van der Waals surface area contributed by atoms with Gasteiger partial charge in [0.2, 0.25) is 17.7 Å². The Morgan fingerprint density at radius 1 is 0.868 bits per heavy atom. The predicted octanol–water partition coefficient (Wildman–Crippen LogP) is 3.13. The molecule has 1 fully saturated rings. The lowest BCUT2D eigenvalue weighted by Crippen LogP contribution is -2.44. The summed E-state index contributed by atoms with van der Waals surface area (Å²) >= 11 is 0. The highest BCUT2D eigenvalue weighted by Crippen LogP contribution is 2.44. The molecule has 3 amide bonds. The standard InChI is InChI=1S/C29H35N3O6/c1-2-37-27(35)12-11-25(33)30-16-13-26(34)31-19-20-14-17-32(18-15-20)29(36)28-21-7-3-5-9-23(21)38-24-10-6-4-8-22(24)28/h3-10,20,28H,2,11-19H2,1H3,(H,30,33)(H,31,34). The first-order chi connectivity index (χ1) is 18.5. The molecular formula is C29H35N3O6. The minimum atomic E-state index is -0.407. The number of carbonyl (C=O) groups excluding carboxylic acids is 4. The highest BCUT2D eigenvalue weighted by molar-refractivity contribution is 5.90. The molecule has 202 valence electrons. The number of piperidine rings is 1. The summed E-state index contributed by atoms with van der Waals surface area (Å²) < 4.78 is 10.8. The Bertz CT molecular complexity index is 1110. The van der Waals surface area contributed by atoms with Gasteiger partial charge in [-0.05, 0) is 37.8 Å². The van der Waals surface area contributed by atoms with Crippen LogP contribution in [0, 0.1) is 5.92 Å². The first kappa shape index (κ1) is 27.2. The van der Waals surface area contributed by atoms with Gasteiger partial charge in [0, 0.05) is 50.1 Å². The van der Waals surface area contributed by atoms with Crippen molar-refractivity contribution in [1.82, 2.24) is 15.5 Å². The molecule has 0 radical (unpaired) electrons. The molecule has 2 aliphatic heterocycles. The van der Waals surface area contributed by atoms with Gasteiger partial charge in [0.15, 0.2) is 0 Å². The summed E-state index contributed by atoms with van der Waals surface area (Å²) in [6, 6.07) is 15.4. The third-order valence-corrected chi connectivity index (χ3v) is 6.98. The van der Waals surface area contributed by atoms with Gasteiger partial charge in [0.25, 0.3) is 0 Å². The van der Waals surface area contributed by atoms with Gasteiger partial charge in [-0.3, -0.25) is 19.2 Å². The van der Waals surface area contributed by atoms with Crippen LogP contribution in [0.25, 0.3) is 0 Å². The van der Waals surface area contributed by atoms with Crippen LogP contribution in [-0.4, -0.2) is 61.4 Å². The second-order valence-corrected chi connectivity index (χ2v) is 9.59. The van der Waals surface area contributed by atoms with Gasteiger partial charge in [-0.25, -0.2) is 0 Å². The zero-order valence-electron chi connectivity index (χ0n) is 21.7. The van der Waals surface area contributed by atoms with Gasteiger partial charge in [0.05, 0.1) is 18.9 Å². The summed E-state index contributed by atoms with van der Waals surface area (Å²) in [6.07, 6.45) is 1.86. The highest BCUT2D eigenvalue weighted by Gasteiger charge is 2.36. The number of hydrogen-bond donors (Lipinski definition) is 2. The van der Waals surface area contributed by atoms with Crippen molar-refractivity contribution in [2.75, 3.05) is 32.8 Å². The molecule has 0 spiro atoms. The van der Waals surface area contributed by atoms with Crippen molar-refractivity contribution in [3.63, 3.8) is 0 Å². The highest BCUT2D eigenvalue weighted by atomic mass is 16.5. The van der Waals surface area contributed by atoms with E-state index >= 15 is 0 Å². The molecule has 0 bridgehead atoms. The quantitative estimate of drug-likeness (QED) is 0.465. The average Bonchev–Trinajstić information content (AvgIpc) is 2.93. The number of nitrogens with one attached hydrogen (secondary N) is 2. The molecule has 2 aliphatic rings. The summed E-state index contributed by atoms with van der Waals surface area (Å²) in [5, 5.41) is 5.59. The lowest BCUT2D eigenvalue weighted by Gasteiger charge is -2.36. The molecule has 0 unspecified atom stereocenters. The largest absolute Gasteiger partial charge is 0.466 e. The molecule has 4 rings (SSSR count). The number of amides is 3. The number of likely N-dealkylation sites (tertiary alicyclic amines) is 1. The molecule has 38 heavy (non-hydrogen) atoms. The fraction of sp³-hybridized carbons (Fsp3) is 0.448. The van der Waals surface area contributed by atoms with E-state index in [4.69, 9.17) is 9.47 Å². The Morgan fingerprint density at radius 3 is 2.11 bits per heavy atom. The van der Waals surface area contributed by atoms with Crippen LogP contribution in [-0.2, 0) is 23.9 Å². The number of fused-ring (bicyclic) bond motifs is 2. The van der Waals surface area contributed by atoms with Crippen molar-refractivity contribution in [1.29, 1.82) is 0 Å². The Labute approximate surface area is 222 Å². The molecule has 2 aromatic rings. The number of rotatable bonds is 10. The third kappa shape index (κ3) is 6.90. The Hall–Kier alpha value is -3.88. The maximum Gasteiger partial charge on any atom is 0.306 e. The van der Waals surface area contributed by atoms with Gasteiger partial charge in [-0.2, -0.15) is 0 Å². The topological polar surface area (TPSA) is 114 Å². The van der Waals surface area contributed by atoms with Crippen LogP contribution in [0.5, 0.6) is 11.5 Å². The Kier molecular flexibility index (Phi) is 9.35. The normalized spacial score (nSPS) is 15.0. The first-order valence-corrected chi connectivity index (χ1v) is 13.3. The second kappa shape index (κ2) is 13.1. The molecule has 2 heterocycles. The predicted molar refractivity (Wildman–Crippen MR) is 141 cm³/mol. The van der Waals surface area contributed by atoms with Crippen LogP contribution in [0.15, 0.2) is 48.5 Å². The molecule has 0 saturated carbocycles. The minimum absolute atomic E-state index is 0.0284. The van der Waals surface area contributed by atoms with Gasteiger partial charge in [-0.15, -0.1) is 0 Å². The zero-order chi connectivity index (χ0) is 26.9. The maximum atomic E-state index is 13.7. The maximum absolute atomic E-state index is 13.7. The number of esters is 1. The van der Waals surface area contributed by atoms with E-state index in [2.05, 4.69) is 10.6 Å². The SMILES string of the molecule is CCOC(=O)CCC(=O)NCCC(=O)NCC1CCN(C(=O)C2c3ccccc3Oc3ccccc32)CC1. The van der Waals surface area contributed by atoms with Crippen molar-refractivity contribution in [2.45, 2.75) is 44.9 Å². The van der Waals surface area contributed by atoms with E-state index in [9.17, 15) is 19.2 Å². The van der Waals surface area contributed by atoms with E-state index in [-0.39, 0.29) is 62.0 Å². The van der Waals surface area contributed by atoms with E-state index < -0.39 is 5.97 Å². The fourth-order valence-electron chi connectivity index (χ4n) is 4.92. The minimum Gasteiger partial charge on any atom is -0.466 e. The second-order valence-electron chi connectivity index (χ2n) is 9.59. The molecule has 2 aromatic carbocycles. The molecule has 9 nitrogen and oxygen atoms in total. The van der Waals surface area contributed by atoms with Crippen LogP contribution < -0.4 is 15.4 Å². The fourth-order valence-corrected chi connectivity index (χ4v) is 4.92. The molecule has 1 saturated heterocycles. The summed E-state index contributed by atoms with van der Waals surface area (Å²) in [6.45, 7) is 4.03. The monoisotopic (exact) mass is 521 g/mol. The average molecular weight is 522 g/mol. The lowest BCUT2D eigenvalue weighted by atomic mass is 9.86. The van der Waals surface area contributed by atoms with Crippen molar-refractivity contribution < 1.29 is 28.7 Å². The number of carbonyl (C=O) groups is 4. The van der Waals surface area contributed by atoms with Crippen LogP contribution in [0.1, 0.15) is 56.1 Å². The van der Waals surface area contributed by atoms with Gasteiger partial charge >= 0.3 is 5.97 Å². The van der Waals surface area contributed by atoms with E-state index in [0.717, 1.165) is 35.5 Å². The number of benzene rings is 2. The lowest BCUT2D eigenvalue weighted by molar-refractivity contribution is -0.144. The third-order valence-electron chi connectivity index (χ3n) is 6.98. The molecule has 2 N–H and O–H groups in total. The zero-order valence-corrected chi connectivity index (χ0v) is 21.7. The van der Waals surface area contributed by atoms with Crippen molar-refractivity contribution in [3.8, 4) is 11.5 Å². The van der Waals surface area contributed by atoms with Crippen LogP contribution in [0.2, 0.25) is 0 Å². The number of nitrogens with zero attached hydrogens (tertiary/aromatic N) is 1. The van der Waals surface area contributed by atoms with Crippen LogP contribution in [0.4, 0.5) is 0 Å². The van der Waals surface area contributed by atoms with Gasteiger partial charge < -0.3 is 25.0 Å². The molecule has 0 aliphatic carbocycles. The van der Waals surface area contributed by atoms with E-state index in [1.165, 1.54) is 0 Å². The van der Waals surface area contributed by atoms with Crippen LogP contribution >= 0.6 is 0 Å². The number of ether oxygens (including phenoxy) is 2. The summed E-state index contributed by atoms with van der Waals surface area (Å²) in [5.74, 6) is 0.596. The van der Waals surface area contributed by atoms with E-state index in [0.29, 0.717) is 19.6 Å². The van der Waals surface area contributed by atoms with Crippen molar-refractivity contribution in [3.05, 3.63) is 59.7 Å². The Balaban J connectivity index is 1.20. The molecule has 0 atom stereocenters. The van der Waals surface area contributed by atoms with Gasteiger partial charge in [-0.1, -0.05) is 36.4 Å². The molecule has 0 aromatic heterocycles. The number of hydrogen-bond acceptors (Lipinski definition) is 6. The van der Waals surface area contributed by atoms with Crippen molar-refractivity contribution in [2.24, 2.45) is 5.92 Å². The smallest absolute Gasteiger partial charge is 0.306 e. The number of para-hydroxylation sites is 2. The summed E-state index contributed by atoms with van der Waals surface area (Å²) in [7, 11) is 0. The Morgan fingerprint density at radius 2 is 1.47 bits per heavy atom. The van der Waals surface area contributed by atoms with Gasteiger partial charge in [0.1, 0.15) is 11.5 Å². The first-order valence-electron chi connectivity index (χ1n) is 13.3. The summed E-state index contributed by atoms with van der Waals surface area (Å²) in [5.41, 5.74) is 1.78. The van der Waals surface area contributed by atoms with E-state index in [1.54, 1.807) is 6.92 Å². The molecular weight excluding hydrogens is 486 g/mol.